The predicted octanol–water partition coefficient (Wildman–Crippen LogP) is 2.00. The normalized spacial score (nSPS) is 7.65. The number of hydrogen-bond donors (Lipinski definition) is 1. The Labute approximate surface area is 108 Å². The summed E-state index contributed by atoms with van der Waals surface area (Å²) < 4.78 is 12.5. The number of ether oxygens (including phenoxy) is 1. The number of phenolic OH excluding ortho intramolecular Hbond substituents is 1. The van der Waals surface area contributed by atoms with Crippen LogP contribution >= 0.6 is 0 Å². The average Bonchev–Trinajstić information content (AvgIpc) is 2.42. The topological polar surface area (TPSA) is 63.6 Å². The summed E-state index contributed by atoms with van der Waals surface area (Å²) in [5.41, 5.74) is 0.780. The Morgan fingerprint density at radius 3 is 2.41 bits per heavy atom. The third-order valence-electron chi connectivity index (χ3n) is 1.60. The molecule has 17 heavy (non-hydrogen) atoms. The third-order valence-corrected chi connectivity index (χ3v) is 1.60. The summed E-state index contributed by atoms with van der Waals surface area (Å²) >= 11 is 2.31. The van der Waals surface area contributed by atoms with Crippen LogP contribution in [0.15, 0.2) is 31.4 Å². The quantitative estimate of drug-likeness (QED) is 0.664. The second kappa shape index (κ2) is 10.8. The van der Waals surface area contributed by atoms with Gasteiger partial charge in [-0.3, -0.25) is 11.4 Å². The van der Waals surface area contributed by atoms with E-state index in [9.17, 15) is 4.79 Å². The summed E-state index contributed by atoms with van der Waals surface area (Å²) in [7, 11) is 1.28. The molecule has 1 aromatic carbocycles. The molecule has 0 saturated heterocycles. The number of esters is 1. The molecule has 0 spiro atoms. The summed E-state index contributed by atoms with van der Waals surface area (Å²) in [5.74, 6) is -0.499. The van der Waals surface area contributed by atoms with Crippen molar-refractivity contribution in [2.45, 2.75) is 0 Å². The Morgan fingerprint density at radius 2 is 2.00 bits per heavy atom. The Morgan fingerprint density at radius 1 is 1.47 bits per heavy atom. The minimum atomic E-state index is -0.512. The molecule has 0 heterocycles. The zero-order chi connectivity index (χ0) is 13.8. The summed E-state index contributed by atoms with van der Waals surface area (Å²) in [6, 6.07) is 4.33. The average molecular weight is 279 g/mol. The van der Waals surface area contributed by atoms with Gasteiger partial charge >= 0.3 is 19.5 Å². The number of carbonyl (C=O) groups is 1. The van der Waals surface area contributed by atoms with Crippen molar-refractivity contribution < 1.29 is 34.2 Å². The van der Waals surface area contributed by atoms with Gasteiger partial charge in [0.05, 0.1) is 12.9 Å². The molecule has 0 aliphatic carbocycles. The van der Waals surface area contributed by atoms with Gasteiger partial charge in [0.2, 0.25) is 0 Å². The molecule has 95 valence electrons. The number of methoxy groups -OCH3 is 1. The number of rotatable bonds is 2. The number of phenols is 1. The van der Waals surface area contributed by atoms with Gasteiger partial charge in [-0.2, -0.15) is 24.3 Å². The molecule has 0 saturated carbocycles. The van der Waals surface area contributed by atoms with Gasteiger partial charge in [0.15, 0.2) is 0 Å². The Bertz CT molecular complexity index is 375. The first-order chi connectivity index (χ1) is 8.19. The van der Waals surface area contributed by atoms with Gasteiger partial charge in [-0.05, 0) is 5.56 Å². The van der Waals surface area contributed by atoms with Gasteiger partial charge in [-0.15, -0.1) is 0 Å². The second-order valence-corrected chi connectivity index (χ2v) is 2.40. The first-order valence-electron chi connectivity index (χ1n) is 4.18. The summed E-state index contributed by atoms with van der Waals surface area (Å²) in [4.78, 5) is 11.1. The van der Waals surface area contributed by atoms with Crippen LogP contribution in [0.2, 0.25) is 0 Å². The number of carbonyl (C=O) groups excluding carboxylic acids is 1. The molecule has 0 atom stereocenters. The van der Waals surface area contributed by atoms with E-state index >= 15 is 0 Å². The number of benzene rings is 1. The molecule has 4 nitrogen and oxygen atoms in total. The van der Waals surface area contributed by atoms with Gasteiger partial charge in [0.25, 0.3) is 5.97 Å². The van der Waals surface area contributed by atoms with E-state index in [0.29, 0.717) is 5.56 Å². The molecule has 0 bridgehead atoms. The van der Waals surface area contributed by atoms with Crippen LogP contribution in [0, 0.1) is 12.7 Å². The van der Waals surface area contributed by atoms with Gasteiger partial charge in [0.1, 0.15) is 0 Å². The maximum atomic E-state index is 11.1. The maximum absolute atomic E-state index is 11.1. The van der Waals surface area contributed by atoms with Crippen molar-refractivity contribution >= 4 is 5.97 Å². The molecular formula is C12H12CoO4-2. The summed E-state index contributed by atoms with van der Waals surface area (Å²) in [5, 5.41) is 9.12. The molecule has 1 rings (SSSR count). The fraction of sp³-hybridized carbons (Fsp3) is 0.0833. The molecular weight excluding hydrogens is 267 g/mol. The zero-order valence-corrected chi connectivity index (χ0v) is 10.3. The van der Waals surface area contributed by atoms with Crippen molar-refractivity contribution in [1.82, 2.24) is 0 Å². The van der Waals surface area contributed by atoms with Crippen molar-refractivity contribution in [3.63, 3.8) is 0 Å². The van der Waals surface area contributed by atoms with Crippen LogP contribution in [-0.2, 0) is 24.3 Å². The van der Waals surface area contributed by atoms with E-state index in [-0.39, 0.29) is 11.3 Å². The predicted molar refractivity (Wildman–Crippen MR) is 58.0 cm³/mol. The van der Waals surface area contributed by atoms with Crippen LogP contribution in [0.1, 0.15) is 15.9 Å². The van der Waals surface area contributed by atoms with Crippen molar-refractivity contribution in [1.29, 1.82) is 0 Å². The van der Waals surface area contributed by atoms with Gasteiger partial charge in [0, 0.05) is 0 Å². The van der Waals surface area contributed by atoms with Gasteiger partial charge in [-0.1, -0.05) is 12.1 Å². The minimum absolute atomic E-state index is 0.0133. The third kappa shape index (κ3) is 5.79. The van der Waals surface area contributed by atoms with Crippen LogP contribution in [0.3, 0.4) is 0 Å². The van der Waals surface area contributed by atoms with Crippen LogP contribution in [0.25, 0.3) is 0 Å². The molecule has 0 amide bonds. The molecule has 0 unspecified atom stereocenters. The van der Waals surface area contributed by atoms with Crippen molar-refractivity contribution in [3.05, 3.63) is 55.1 Å². The standard InChI is InChI=1S/C10H9O3.C2H3.Co.O/c1-3-7-4-5-8(11)6-9(7)10(12)13-2;1-2;;/h4-6,11H,1H2,2H3;1H,2H2;;/q2*-1;;. The number of hydrogen-bond acceptors (Lipinski definition) is 4. The molecule has 1 aromatic rings. The molecule has 0 fully saturated rings. The van der Waals surface area contributed by atoms with E-state index in [4.69, 9.17) is 8.97 Å². The summed E-state index contributed by atoms with van der Waals surface area (Å²) in [6.07, 6.45) is 2.58. The molecule has 0 aliphatic heterocycles. The van der Waals surface area contributed by atoms with Crippen LogP contribution in [0.5, 0.6) is 5.75 Å². The van der Waals surface area contributed by atoms with Gasteiger partial charge in [-0.25, -0.2) is 0 Å². The van der Waals surface area contributed by atoms with E-state index in [2.05, 4.69) is 46.2 Å². The van der Waals surface area contributed by atoms with Crippen LogP contribution in [0.4, 0.5) is 0 Å². The van der Waals surface area contributed by atoms with E-state index in [1.807, 2.05) is 0 Å². The Hall–Kier alpha value is -1.72. The molecule has 1 N–H and O–H groups in total. The van der Waals surface area contributed by atoms with Crippen LogP contribution in [-0.4, -0.2) is 18.2 Å². The molecule has 0 radical (unpaired) electrons. The van der Waals surface area contributed by atoms with Gasteiger partial charge < -0.3 is 16.4 Å². The van der Waals surface area contributed by atoms with Crippen LogP contribution < -0.4 is 0 Å². The molecule has 0 aromatic heterocycles. The Balaban J connectivity index is 0. The SMILES string of the molecule is C=[C-]c1ccc(O)cc1C(=O)OC.[CH-]=C.[O]=[Co]. The monoisotopic (exact) mass is 279 g/mol. The first-order valence-corrected chi connectivity index (χ1v) is 4.60. The van der Waals surface area contributed by atoms with Crippen molar-refractivity contribution in [2.75, 3.05) is 7.11 Å². The summed E-state index contributed by atoms with van der Waals surface area (Å²) in [6.45, 7) is 10.4. The fourth-order valence-electron chi connectivity index (χ4n) is 0.965. The van der Waals surface area contributed by atoms with E-state index < -0.39 is 5.97 Å². The van der Waals surface area contributed by atoms with Crippen molar-refractivity contribution in [2.24, 2.45) is 0 Å². The Kier molecular flexibility index (Phi) is 11.2. The van der Waals surface area contributed by atoms with E-state index in [1.54, 1.807) is 6.07 Å². The second-order valence-electron chi connectivity index (χ2n) is 2.40. The van der Waals surface area contributed by atoms with E-state index in [1.165, 1.54) is 19.2 Å². The molecule has 0 aliphatic rings. The zero-order valence-electron chi connectivity index (χ0n) is 9.23. The fourth-order valence-corrected chi connectivity index (χ4v) is 0.965. The molecule has 5 heteroatoms. The number of aromatic hydroxyl groups is 1. The van der Waals surface area contributed by atoms with Crippen molar-refractivity contribution in [3.8, 4) is 5.75 Å². The first kappa shape index (κ1) is 17.7. The van der Waals surface area contributed by atoms with E-state index in [0.717, 1.165) is 0 Å².